The number of rotatable bonds is 5. The van der Waals surface area contributed by atoms with E-state index in [1.54, 1.807) is 7.11 Å². The largest absolute Gasteiger partial charge is 0.380 e. The zero-order chi connectivity index (χ0) is 7.98. The molecule has 0 heterocycles. The monoisotopic (exact) mass is 145 g/mol. The Balaban J connectivity index is 3.56. The van der Waals surface area contributed by atoms with E-state index in [1.165, 1.54) is 0 Å². The molecule has 2 N–H and O–H groups in total. The normalized spacial score (nSPS) is 16.8. The maximum Gasteiger partial charge on any atom is 0.0721 e. The first-order valence-electron chi connectivity index (χ1n) is 4.04. The van der Waals surface area contributed by atoms with Crippen LogP contribution in [0, 0.1) is 0 Å². The Morgan fingerprint density at radius 3 is 2.30 bits per heavy atom. The zero-order valence-corrected chi connectivity index (χ0v) is 7.26. The summed E-state index contributed by atoms with van der Waals surface area (Å²) in [6.45, 7) is 4.24. The van der Waals surface area contributed by atoms with Crippen LogP contribution in [0.2, 0.25) is 0 Å². The van der Waals surface area contributed by atoms with Gasteiger partial charge in [-0.3, -0.25) is 0 Å². The van der Waals surface area contributed by atoms with Crippen LogP contribution in [0.15, 0.2) is 0 Å². The quantitative estimate of drug-likeness (QED) is 0.637. The van der Waals surface area contributed by atoms with Crippen LogP contribution in [0.1, 0.15) is 33.1 Å². The Morgan fingerprint density at radius 1 is 1.40 bits per heavy atom. The van der Waals surface area contributed by atoms with Crippen molar-refractivity contribution in [2.75, 3.05) is 7.11 Å². The van der Waals surface area contributed by atoms with E-state index in [0.717, 1.165) is 19.3 Å². The minimum atomic E-state index is 0.213. The lowest BCUT2D eigenvalue weighted by atomic mass is 10.1. The van der Waals surface area contributed by atoms with Crippen molar-refractivity contribution < 1.29 is 4.74 Å². The first-order valence-corrected chi connectivity index (χ1v) is 4.04. The predicted molar refractivity (Wildman–Crippen MR) is 44.0 cm³/mol. The maximum atomic E-state index is 5.79. The molecule has 0 fully saturated rings. The summed E-state index contributed by atoms with van der Waals surface area (Å²) in [5.74, 6) is 0. The first-order chi connectivity index (χ1) is 4.76. The summed E-state index contributed by atoms with van der Waals surface area (Å²) in [6, 6.07) is 0.213. The fourth-order valence-corrected chi connectivity index (χ4v) is 1.05. The van der Waals surface area contributed by atoms with E-state index in [2.05, 4.69) is 13.8 Å². The highest BCUT2D eigenvalue weighted by molar-refractivity contribution is 4.70. The van der Waals surface area contributed by atoms with E-state index in [1.807, 2.05) is 0 Å². The van der Waals surface area contributed by atoms with Crippen LogP contribution in [0.25, 0.3) is 0 Å². The van der Waals surface area contributed by atoms with E-state index >= 15 is 0 Å². The SMILES string of the molecule is CCCC(OC)[C@@H](N)CC. The molecule has 0 aliphatic heterocycles. The van der Waals surface area contributed by atoms with Crippen LogP contribution in [0.3, 0.4) is 0 Å². The van der Waals surface area contributed by atoms with Crippen molar-refractivity contribution in [2.24, 2.45) is 5.73 Å². The maximum absolute atomic E-state index is 5.79. The van der Waals surface area contributed by atoms with Crippen LogP contribution in [-0.2, 0) is 4.74 Å². The number of nitrogens with two attached hydrogens (primary N) is 1. The van der Waals surface area contributed by atoms with Gasteiger partial charge in [-0.15, -0.1) is 0 Å². The second-order valence-electron chi connectivity index (χ2n) is 2.63. The molecule has 62 valence electrons. The molecule has 0 aromatic rings. The molecule has 0 aliphatic rings. The van der Waals surface area contributed by atoms with Crippen LogP contribution >= 0.6 is 0 Å². The summed E-state index contributed by atoms with van der Waals surface area (Å²) in [5.41, 5.74) is 5.79. The molecule has 0 amide bonds. The van der Waals surface area contributed by atoms with Crippen molar-refractivity contribution in [1.82, 2.24) is 0 Å². The van der Waals surface area contributed by atoms with Gasteiger partial charge in [-0.25, -0.2) is 0 Å². The molecule has 0 spiro atoms. The van der Waals surface area contributed by atoms with Crippen molar-refractivity contribution in [3.63, 3.8) is 0 Å². The lowest BCUT2D eigenvalue weighted by molar-refractivity contribution is 0.0716. The summed E-state index contributed by atoms with van der Waals surface area (Å²) in [5, 5.41) is 0. The molecule has 2 heteroatoms. The van der Waals surface area contributed by atoms with Gasteiger partial charge in [-0.05, 0) is 12.8 Å². The molecule has 0 radical (unpaired) electrons. The Hall–Kier alpha value is -0.0800. The number of hydrogen-bond donors (Lipinski definition) is 1. The van der Waals surface area contributed by atoms with E-state index < -0.39 is 0 Å². The fourth-order valence-electron chi connectivity index (χ4n) is 1.05. The van der Waals surface area contributed by atoms with Gasteiger partial charge in [0, 0.05) is 13.2 Å². The summed E-state index contributed by atoms with van der Waals surface area (Å²) < 4.78 is 5.22. The summed E-state index contributed by atoms with van der Waals surface area (Å²) >= 11 is 0. The van der Waals surface area contributed by atoms with Crippen LogP contribution in [-0.4, -0.2) is 19.3 Å². The average molecular weight is 145 g/mol. The topological polar surface area (TPSA) is 35.2 Å². The van der Waals surface area contributed by atoms with E-state index in [-0.39, 0.29) is 12.1 Å². The van der Waals surface area contributed by atoms with Crippen molar-refractivity contribution in [3.8, 4) is 0 Å². The molecule has 0 rings (SSSR count). The molecule has 0 aliphatic carbocycles. The minimum absolute atomic E-state index is 0.213. The zero-order valence-electron chi connectivity index (χ0n) is 7.26. The van der Waals surface area contributed by atoms with Gasteiger partial charge in [0.15, 0.2) is 0 Å². The van der Waals surface area contributed by atoms with Crippen molar-refractivity contribution >= 4 is 0 Å². The smallest absolute Gasteiger partial charge is 0.0721 e. The second-order valence-corrected chi connectivity index (χ2v) is 2.63. The third-order valence-electron chi connectivity index (χ3n) is 1.82. The molecule has 2 atom stereocenters. The summed E-state index contributed by atoms with van der Waals surface area (Å²) in [7, 11) is 1.73. The lowest BCUT2D eigenvalue weighted by Gasteiger charge is -2.20. The first kappa shape index (κ1) is 9.92. The van der Waals surface area contributed by atoms with E-state index in [9.17, 15) is 0 Å². The minimum Gasteiger partial charge on any atom is -0.380 e. The van der Waals surface area contributed by atoms with Gasteiger partial charge in [0.2, 0.25) is 0 Å². The van der Waals surface area contributed by atoms with E-state index in [0.29, 0.717) is 0 Å². The molecule has 0 saturated carbocycles. The second kappa shape index (κ2) is 5.69. The summed E-state index contributed by atoms with van der Waals surface area (Å²) in [6.07, 6.45) is 3.48. The third-order valence-corrected chi connectivity index (χ3v) is 1.82. The molecular formula is C8H19NO. The fraction of sp³-hybridized carbons (Fsp3) is 1.00. The molecule has 0 saturated heterocycles. The summed E-state index contributed by atoms with van der Waals surface area (Å²) in [4.78, 5) is 0. The van der Waals surface area contributed by atoms with Gasteiger partial charge in [0.05, 0.1) is 6.10 Å². The molecule has 0 aromatic heterocycles. The molecule has 1 unspecified atom stereocenters. The van der Waals surface area contributed by atoms with E-state index in [4.69, 9.17) is 10.5 Å². The van der Waals surface area contributed by atoms with Crippen LogP contribution < -0.4 is 5.73 Å². The highest BCUT2D eigenvalue weighted by atomic mass is 16.5. The Labute approximate surface area is 63.7 Å². The molecule has 0 aromatic carbocycles. The van der Waals surface area contributed by atoms with Crippen molar-refractivity contribution in [2.45, 2.75) is 45.3 Å². The van der Waals surface area contributed by atoms with Gasteiger partial charge in [0.1, 0.15) is 0 Å². The van der Waals surface area contributed by atoms with Gasteiger partial charge in [-0.1, -0.05) is 20.3 Å². The number of hydrogen-bond acceptors (Lipinski definition) is 2. The average Bonchev–Trinajstić information content (AvgIpc) is 1.99. The van der Waals surface area contributed by atoms with Crippen LogP contribution in [0.4, 0.5) is 0 Å². The Kier molecular flexibility index (Phi) is 5.64. The van der Waals surface area contributed by atoms with Gasteiger partial charge >= 0.3 is 0 Å². The van der Waals surface area contributed by atoms with Crippen molar-refractivity contribution in [3.05, 3.63) is 0 Å². The molecular weight excluding hydrogens is 126 g/mol. The van der Waals surface area contributed by atoms with Crippen LogP contribution in [0.5, 0.6) is 0 Å². The highest BCUT2D eigenvalue weighted by Gasteiger charge is 2.13. The molecule has 2 nitrogen and oxygen atoms in total. The number of methoxy groups -OCH3 is 1. The Morgan fingerprint density at radius 2 is 2.00 bits per heavy atom. The Bertz CT molecular complexity index is 75.7. The molecule has 0 bridgehead atoms. The number of ether oxygens (including phenoxy) is 1. The van der Waals surface area contributed by atoms with Gasteiger partial charge < -0.3 is 10.5 Å². The third kappa shape index (κ3) is 3.18. The molecule has 10 heavy (non-hydrogen) atoms. The highest BCUT2D eigenvalue weighted by Crippen LogP contribution is 2.06. The lowest BCUT2D eigenvalue weighted by Crippen LogP contribution is -2.35. The van der Waals surface area contributed by atoms with Crippen molar-refractivity contribution in [1.29, 1.82) is 0 Å². The van der Waals surface area contributed by atoms with Gasteiger partial charge in [0.25, 0.3) is 0 Å². The van der Waals surface area contributed by atoms with Gasteiger partial charge in [-0.2, -0.15) is 0 Å². The predicted octanol–water partition coefficient (Wildman–Crippen LogP) is 1.54. The standard InChI is InChI=1S/C8H19NO/c1-4-6-8(10-3)7(9)5-2/h7-8H,4-6,9H2,1-3H3/t7-,8?/m0/s1.